The number of hydrogen-bond donors (Lipinski definition) is 1. The van der Waals surface area contributed by atoms with Gasteiger partial charge in [-0.15, -0.1) is 0 Å². The molecule has 2 heterocycles. The second-order valence-corrected chi connectivity index (χ2v) is 7.49. The minimum Gasteiger partial charge on any atom is -0.337 e. The van der Waals surface area contributed by atoms with Crippen molar-refractivity contribution in [1.29, 1.82) is 0 Å². The van der Waals surface area contributed by atoms with Crippen LogP contribution in [-0.2, 0) is 17.1 Å². The summed E-state index contributed by atoms with van der Waals surface area (Å²) >= 11 is 0. The maximum atomic E-state index is 12.4. The minimum absolute atomic E-state index is 0.136. The third kappa shape index (κ3) is 3.39. The third-order valence-electron chi connectivity index (χ3n) is 3.97. The number of piperidine rings is 1. The lowest BCUT2D eigenvalue weighted by molar-refractivity contribution is 0.351. The van der Waals surface area contributed by atoms with E-state index in [0.717, 1.165) is 19.4 Å². The van der Waals surface area contributed by atoms with Gasteiger partial charge in [0.1, 0.15) is 5.82 Å². The number of nitrogens with one attached hydrogen (secondary N) is 1. The number of aryl methyl sites for hydroxylation is 2. The van der Waals surface area contributed by atoms with Gasteiger partial charge in [0, 0.05) is 32.9 Å². The van der Waals surface area contributed by atoms with Gasteiger partial charge in [-0.3, -0.25) is 0 Å². The molecule has 1 aliphatic heterocycles. The molecule has 0 amide bonds. The van der Waals surface area contributed by atoms with Crippen molar-refractivity contribution in [3.8, 4) is 0 Å². The van der Waals surface area contributed by atoms with Gasteiger partial charge in [0.15, 0.2) is 5.03 Å². The molecule has 114 valence electrons. The van der Waals surface area contributed by atoms with E-state index >= 15 is 0 Å². The predicted octanol–water partition coefficient (Wildman–Crippen LogP) is 0.881. The minimum atomic E-state index is -3.47. The number of sulfonamides is 1. The number of rotatable bonds is 5. The average molecular weight is 300 g/mol. The summed E-state index contributed by atoms with van der Waals surface area (Å²) in [6.07, 6.45) is 6.00. The van der Waals surface area contributed by atoms with Crippen molar-refractivity contribution >= 4 is 10.0 Å². The third-order valence-corrected chi connectivity index (χ3v) is 5.69. The van der Waals surface area contributed by atoms with Gasteiger partial charge < -0.3 is 9.88 Å². The van der Waals surface area contributed by atoms with E-state index in [1.54, 1.807) is 31.8 Å². The largest absolute Gasteiger partial charge is 0.337 e. The molecule has 1 atom stereocenters. The van der Waals surface area contributed by atoms with Gasteiger partial charge >= 0.3 is 0 Å². The van der Waals surface area contributed by atoms with E-state index in [0.29, 0.717) is 18.4 Å². The summed E-state index contributed by atoms with van der Waals surface area (Å²) in [4.78, 5) is 4.12. The fourth-order valence-electron chi connectivity index (χ4n) is 2.44. The fourth-order valence-corrected chi connectivity index (χ4v) is 3.64. The van der Waals surface area contributed by atoms with Crippen molar-refractivity contribution in [1.82, 2.24) is 19.2 Å². The standard InChI is InChI=1S/C13H24N4O2S/c1-11-15-13(10-16(11)2)20(18,19)17(3)9-7-12-6-4-5-8-14-12/h10,12,14H,4-9H2,1-3H3. The Hall–Kier alpha value is -0.920. The van der Waals surface area contributed by atoms with E-state index in [-0.39, 0.29) is 5.03 Å². The SMILES string of the molecule is Cc1nc(S(=O)(=O)N(C)CCC2CCCCN2)cn1C. The van der Waals surface area contributed by atoms with Crippen LogP contribution in [0.5, 0.6) is 0 Å². The van der Waals surface area contributed by atoms with E-state index in [4.69, 9.17) is 0 Å². The molecule has 0 aliphatic carbocycles. The van der Waals surface area contributed by atoms with Gasteiger partial charge in [0.25, 0.3) is 10.0 Å². The molecule has 1 fully saturated rings. The molecule has 1 aliphatic rings. The first-order valence-electron chi connectivity index (χ1n) is 7.11. The fraction of sp³-hybridized carbons (Fsp3) is 0.769. The molecular weight excluding hydrogens is 276 g/mol. The van der Waals surface area contributed by atoms with Gasteiger partial charge in [-0.05, 0) is 32.7 Å². The summed E-state index contributed by atoms with van der Waals surface area (Å²) in [6.45, 7) is 3.36. The molecular formula is C13H24N4O2S. The zero-order valence-electron chi connectivity index (χ0n) is 12.5. The van der Waals surface area contributed by atoms with Crippen LogP contribution >= 0.6 is 0 Å². The second kappa shape index (κ2) is 6.24. The van der Waals surface area contributed by atoms with Crippen LogP contribution in [0.3, 0.4) is 0 Å². The average Bonchev–Trinajstić information content (AvgIpc) is 2.78. The van der Waals surface area contributed by atoms with Crippen molar-refractivity contribution in [3.05, 3.63) is 12.0 Å². The van der Waals surface area contributed by atoms with Gasteiger partial charge in [0.05, 0.1) is 0 Å². The topological polar surface area (TPSA) is 67.2 Å². The van der Waals surface area contributed by atoms with Crippen molar-refractivity contribution in [2.24, 2.45) is 7.05 Å². The summed E-state index contributed by atoms with van der Waals surface area (Å²) in [7, 11) is -0.0418. The number of hydrogen-bond acceptors (Lipinski definition) is 4. The Kier molecular flexibility index (Phi) is 4.82. The summed E-state index contributed by atoms with van der Waals surface area (Å²) in [6, 6.07) is 0.437. The van der Waals surface area contributed by atoms with E-state index in [1.165, 1.54) is 17.1 Å². The lowest BCUT2D eigenvalue weighted by Gasteiger charge is -2.25. The molecule has 1 aromatic heterocycles. The Balaban J connectivity index is 1.98. The van der Waals surface area contributed by atoms with Gasteiger partial charge in [-0.1, -0.05) is 6.42 Å². The van der Waals surface area contributed by atoms with Crippen LogP contribution in [0.4, 0.5) is 0 Å². The molecule has 2 rings (SSSR count). The highest BCUT2D eigenvalue weighted by molar-refractivity contribution is 7.89. The second-order valence-electron chi connectivity index (χ2n) is 5.50. The molecule has 0 radical (unpaired) electrons. The molecule has 0 bridgehead atoms. The lowest BCUT2D eigenvalue weighted by Crippen LogP contribution is -2.38. The quantitative estimate of drug-likeness (QED) is 0.876. The van der Waals surface area contributed by atoms with Gasteiger partial charge in [-0.25, -0.2) is 13.4 Å². The smallest absolute Gasteiger partial charge is 0.261 e. The summed E-state index contributed by atoms with van der Waals surface area (Å²) < 4.78 is 27.9. The zero-order valence-corrected chi connectivity index (χ0v) is 13.3. The number of imidazole rings is 1. The maximum Gasteiger partial charge on any atom is 0.261 e. The molecule has 1 unspecified atom stereocenters. The molecule has 1 saturated heterocycles. The Morgan fingerprint density at radius 3 is 2.80 bits per heavy atom. The molecule has 7 heteroatoms. The van der Waals surface area contributed by atoms with Crippen LogP contribution in [0.15, 0.2) is 11.2 Å². The lowest BCUT2D eigenvalue weighted by atomic mass is 10.0. The van der Waals surface area contributed by atoms with E-state index in [1.807, 2.05) is 0 Å². The molecule has 0 spiro atoms. The van der Waals surface area contributed by atoms with E-state index < -0.39 is 10.0 Å². The summed E-state index contributed by atoms with van der Waals surface area (Å²) in [5.41, 5.74) is 0. The molecule has 0 aromatic carbocycles. The van der Waals surface area contributed by atoms with Crippen molar-refractivity contribution in [3.63, 3.8) is 0 Å². The highest BCUT2D eigenvalue weighted by Gasteiger charge is 2.25. The van der Waals surface area contributed by atoms with Gasteiger partial charge in [0.2, 0.25) is 0 Å². The molecule has 1 aromatic rings. The van der Waals surface area contributed by atoms with Gasteiger partial charge in [-0.2, -0.15) is 4.31 Å². The van der Waals surface area contributed by atoms with Crippen molar-refractivity contribution in [2.45, 2.75) is 43.7 Å². The Morgan fingerprint density at radius 1 is 1.50 bits per heavy atom. The molecule has 6 nitrogen and oxygen atoms in total. The molecule has 20 heavy (non-hydrogen) atoms. The van der Waals surface area contributed by atoms with Crippen molar-refractivity contribution < 1.29 is 8.42 Å². The van der Waals surface area contributed by atoms with Crippen LogP contribution in [0.1, 0.15) is 31.5 Å². The Bertz CT molecular complexity index is 527. The van der Waals surface area contributed by atoms with Crippen LogP contribution in [0.2, 0.25) is 0 Å². The summed E-state index contributed by atoms with van der Waals surface area (Å²) in [5.74, 6) is 0.700. The first-order valence-corrected chi connectivity index (χ1v) is 8.55. The van der Waals surface area contributed by atoms with Crippen LogP contribution in [0, 0.1) is 6.92 Å². The zero-order chi connectivity index (χ0) is 14.8. The van der Waals surface area contributed by atoms with Crippen molar-refractivity contribution in [2.75, 3.05) is 20.1 Å². The Labute approximate surface area is 121 Å². The number of aromatic nitrogens is 2. The van der Waals surface area contributed by atoms with E-state index in [2.05, 4.69) is 10.3 Å². The van der Waals surface area contributed by atoms with Crippen LogP contribution < -0.4 is 5.32 Å². The Morgan fingerprint density at radius 2 is 2.25 bits per heavy atom. The normalized spacial score (nSPS) is 20.5. The molecule has 1 N–H and O–H groups in total. The summed E-state index contributed by atoms with van der Waals surface area (Å²) in [5, 5.41) is 3.57. The first kappa shape index (κ1) is 15.5. The van der Waals surface area contributed by atoms with E-state index in [9.17, 15) is 8.42 Å². The first-order chi connectivity index (χ1) is 9.41. The number of nitrogens with zero attached hydrogens (tertiary/aromatic N) is 3. The maximum absolute atomic E-state index is 12.4. The highest BCUT2D eigenvalue weighted by atomic mass is 32.2. The highest BCUT2D eigenvalue weighted by Crippen LogP contribution is 2.15. The van der Waals surface area contributed by atoms with Crippen LogP contribution in [0.25, 0.3) is 0 Å². The predicted molar refractivity (Wildman–Crippen MR) is 78.0 cm³/mol. The molecule has 0 saturated carbocycles. The van der Waals surface area contributed by atoms with Crippen LogP contribution in [-0.4, -0.2) is 48.5 Å². The monoisotopic (exact) mass is 300 g/mol.